The van der Waals surface area contributed by atoms with E-state index in [9.17, 15) is 8.78 Å². The Hall–Kier alpha value is -1.23. The molecule has 1 aromatic heterocycles. The third kappa shape index (κ3) is 2.41. The molecule has 1 aliphatic rings. The molecule has 0 spiro atoms. The summed E-state index contributed by atoms with van der Waals surface area (Å²) in [5.41, 5.74) is -0.135. The van der Waals surface area contributed by atoms with Gasteiger partial charge in [-0.3, -0.25) is 0 Å². The number of ether oxygens (including phenoxy) is 1. The van der Waals surface area contributed by atoms with Crippen molar-refractivity contribution in [3.05, 3.63) is 23.9 Å². The number of pyridine rings is 1. The lowest BCUT2D eigenvalue weighted by Crippen LogP contribution is -2.20. The van der Waals surface area contributed by atoms with Gasteiger partial charge in [-0.05, 0) is 25.1 Å². The summed E-state index contributed by atoms with van der Waals surface area (Å²) in [6.45, 7) is 1.56. The Bertz CT molecular complexity index is 327. The van der Waals surface area contributed by atoms with Crippen LogP contribution in [-0.2, 0) is 0 Å². The van der Waals surface area contributed by atoms with Crippen molar-refractivity contribution in [2.24, 2.45) is 0 Å². The molecule has 0 bridgehead atoms. The van der Waals surface area contributed by atoms with Gasteiger partial charge in [-0.1, -0.05) is 0 Å². The van der Waals surface area contributed by atoms with Crippen LogP contribution in [-0.4, -0.2) is 24.2 Å². The van der Waals surface area contributed by atoms with E-state index in [1.807, 2.05) is 0 Å². The molecule has 1 aromatic rings. The maximum Gasteiger partial charge on any atom is 0.269 e. The highest BCUT2D eigenvalue weighted by Crippen LogP contribution is 2.27. The summed E-state index contributed by atoms with van der Waals surface area (Å²) < 4.78 is 30.5. The Morgan fingerprint density at radius 2 is 2.40 bits per heavy atom. The number of aromatic nitrogens is 1. The molecule has 1 N–H and O–H groups in total. The summed E-state index contributed by atoms with van der Waals surface area (Å²) >= 11 is 0. The van der Waals surface area contributed by atoms with Gasteiger partial charge in [0.05, 0.1) is 5.56 Å². The van der Waals surface area contributed by atoms with Crippen LogP contribution in [0.25, 0.3) is 0 Å². The van der Waals surface area contributed by atoms with E-state index in [2.05, 4.69) is 10.3 Å². The SMILES string of the molecule is FC(F)c1cccnc1O[C@@H]1CCNC1. The number of nitrogens with zero attached hydrogens (tertiary/aromatic N) is 1. The second kappa shape index (κ2) is 4.53. The van der Waals surface area contributed by atoms with Crippen molar-refractivity contribution in [3.63, 3.8) is 0 Å². The van der Waals surface area contributed by atoms with Gasteiger partial charge >= 0.3 is 0 Å². The molecule has 82 valence electrons. The first kappa shape index (κ1) is 10.3. The monoisotopic (exact) mass is 214 g/mol. The van der Waals surface area contributed by atoms with Gasteiger partial charge in [0.1, 0.15) is 6.10 Å². The Morgan fingerprint density at radius 3 is 3.07 bits per heavy atom. The third-order valence-corrected chi connectivity index (χ3v) is 2.33. The zero-order valence-electron chi connectivity index (χ0n) is 8.12. The van der Waals surface area contributed by atoms with Gasteiger partial charge in [0.15, 0.2) is 0 Å². The van der Waals surface area contributed by atoms with E-state index >= 15 is 0 Å². The Balaban J connectivity index is 2.12. The van der Waals surface area contributed by atoms with Crippen LogP contribution in [0.5, 0.6) is 5.88 Å². The van der Waals surface area contributed by atoms with E-state index in [-0.39, 0.29) is 17.5 Å². The van der Waals surface area contributed by atoms with E-state index in [0.717, 1.165) is 13.0 Å². The molecule has 0 unspecified atom stereocenters. The van der Waals surface area contributed by atoms with Gasteiger partial charge in [-0.25, -0.2) is 13.8 Å². The second-order valence-electron chi connectivity index (χ2n) is 3.43. The molecule has 1 fully saturated rings. The van der Waals surface area contributed by atoms with Crippen molar-refractivity contribution in [2.45, 2.75) is 19.0 Å². The standard InChI is InChI=1S/C10H12F2N2O/c11-9(12)8-2-1-4-14-10(8)15-7-3-5-13-6-7/h1-2,4,7,9,13H,3,5-6H2/t7-/m1/s1. The first-order chi connectivity index (χ1) is 7.27. The molecular weight excluding hydrogens is 202 g/mol. The predicted molar refractivity (Wildman–Crippen MR) is 51.1 cm³/mol. The largest absolute Gasteiger partial charge is 0.473 e. The molecule has 3 nitrogen and oxygen atoms in total. The molecule has 1 aliphatic heterocycles. The number of rotatable bonds is 3. The maximum atomic E-state index is 12.6. The zero-order chi connectivity index (χ0) is 10.7. The van der Waals surface area contributed by atoms with Gasteiger partial charge in [0, 0.05) is 12.7 Å². The average molecular weight is 214 g/mol. The Kier molecular flexibility index (Phi) is 3.11. The molecule has 0 saturated carbocycles. The normalized spacial score (nSPS) is 20.9. The van der Waals surface area contributed by atoms with Crippen LogP contribution >= 0.6 is 0 Å². The van der Waals surface area contributed by atoms with Crippen LogP contribution in [0.1, 0.15) is 18.4 Å². The molecule has 2 rings (SSSR count). The van der Waals surface area contributed by atoms with E-state index < -0.39 is 6.43 Å². The zero-order valence-corrected chi connectivity index (χ0v) is 8.12. The third-order valence-electron chi connectivity index (χ3n) is 2.33. The molecule has 0 aliphatic carbocycles. The minimum atomic E-state index is -2.54. The summed E-state index contributed by atoms with van der Waals surface area (Å²) in [6.07, 6.45) is -0.288. The predicted octanol–water partition coefficient (Wildman–Crippen LogP) is 1.76. The summed E-state index contributed by atoms with van der Waals surface area (Å²) in [6, 6.07) is 2.83. The van der Waals surface area contributed by atoms with Crippen molar-refractivity contribution >= 4 is 0 Å². The molecule has 0 aromatic carbocycles. The van der Waals surface area contributed by atoms with Gasteiger partial charge in [0.25, 0.3) is 6.43 Å². The average Bonchev–Trinajstić information content (AvgIpc) is 2.71. The second-order valence-corrected chi connectivity index (χ2v) is 3.43. The van der Waals surface area contributed by atoms with Crippen LogP contribution in [0.15, 0.2) is 18.3 Å². The number of hydrogen-bond donors (Lipinski definition) is 1. The van der Waals surface area contributed by atoms with Crippen molar-refractivity contribution < 1.29 is 13.5 Å². The number of nitrogens with one attached hydrogen (secondary N) is 1. The quantitative estimate of drug-likeness (QED) is 0.832. The highest BCUT2D eigenvalue weighted by atomic mass is 19.3. The lowest BCUT2D eigenvalue weighted by molar-refractivity contribution is 0.136. The van der Waals surface area contributed by atoms with E-state index in [1.54, 1.807) is 0 Å². The topological polar surface area (TPSA) is 34.1 Å². The molecule has 15 heavy (non-hydrogen) atoms. The van der Waals surface area contributed by atoms with Crippen LogP contribution in [0.4, 0.5) is 8.78 Å². The van der Waals surface area contributed by atoms with Crippen molar-refractivity contribution in [1.82, 2.24) is 10.3 Å². The van der Waals surface area contributed by atoms with Crippen molar-refractivity contribution in [3.8, 4) is 5.88 Å². The van der Waals surface area contributed by atoms with E-state index in [0.29, 0.717) is 6.54 Å². The van der Waals surface area contributed by atoms with E-state index in [1.165, 1.54) is 18.3 Å². The van der Waals surface area contributed by atoms with Gasteiger partial charge in [-0.15, -0.1) is 0 Å². The van der Waals surface area contributed by atoms with Crippen molar-refractivity contribution in [2.75, 3.05) is 13.1 Å². The van der Waals surface area contributed by atoms with E-state index in [4.69, 9.17) is 4.74 Å². The Labute approximate surface area is 86.5 Å². The highest BCUT2D eigenvalue weighted by molar-refractivity contribution is 5.26. The molecule has 5 heteroatoms. The molecule has 1 atom stereocenters. The lowest BCUT2D eigenvalue weighted by atomic mass is 10.2. The van der Waals surface area contributed by atoms with Gasteiger partial charge < -0.3 is 10.1 Å². The summed E-state index contributed by atoms with van der Waals surface area (Å²) in [5, 5.41) is 3.10. The molecular formula is C10H12F2N2O. The first-order valence-electron chi connectivity index (χ1n) is 4.88. The Morgan fingerprint density at radius 1 is 1.53 bits per heavy atom. The van der Waals surface area contributed by atoms with Gasteiger partial charge in [0.2, 0.25) is 5.88 Å². The summed E-state index contributed by atoms with van der Waals surface area (Å²) in [5.74, 6) is 0.0567. The molecule has 2 heterocycles. The maximum absolute atomic E-state index is 12.6. The fourth-order valence-corrected chi connectivity index (χ4v) is 1.55. The molecule has 0 radical (unpaired) electrons. The van der Waals surface area contributed by atoms with Gasteiger partial charge in [-0.2, -0.15) is 0 Å². The smallest absolute Gasteiger partial charge is 0.269 e. The fraction of sp³-hybridized carbons (Fsp3) is 0.500. The number of hydrogen-bond acceptors (Lipinski definition) is 3. The van der Waals surface area contributed by atoms with Crippen molar-refractivity contribution in [1.29, 1.82) is 0 Å². The minimum absolute atomic E-state index is 0.0441. The van der Waals surface area contributed by atoms with Crippen LogP contribution < -0.4 is 10.1 Å². The fourth-order valence-electron chi connectivity index (χ4n) is 1.55. The molecule has 1 saturated heterocycles. The number of halogens is 2. The molecule has 0 amide bonds. The van der Waals surface area contributed by atoms with Crippen LogP contribution in [0, 0.1) is 0 Å². The van der Waals surface area contributed by atoms with Crippen LogP contribution in [0.2, 0.25) is 0 Å². The summed E-state index contributed by atoms with van der Waals surface area (Å²) in [7, 11) is 0. The van der Waals surface area contributed by atoms with Crippen LogP contribution in [0.3, 0.4) is 0 Å². The highest BCUT2D eigenvalue weighted by Gasteiger charge is 2.21. The first-order valence-corrected chi connectivity index (χ1v) is 4.88. The number of alkyl halides is 2. The summed E-state index contributed by atoms with van der Waals surface area (Å²) in [4.78, 5) is 3.83. The lowest BCUT2D eigenvalue weighted by Gasteiger charge is -2.14. The minimum Gasteiger partial charge on any atom is -0.473 e.